The van der Waals surface area contributed by atoms with E-state index in [2.05, 4.69) is 20.8 Å². The summed E-state index contributed by atoms with van der Waals surface area (Å²) in [6.07, 6.45) is -4.16. The number of carbonyl (C=O) groups excluding carboxylic acids is 1. The molecule has 0 unspecified atom stereocenters. The Labute approximate surface area is 123 Å². The normalized spacial score (nSPS) is 12.4. The van der Waals surface area contributed by atoms with Crippen molar-refractivity contribution < 1.29 is 22.8 Å². The van der Waals surface area contributed by atoms with E-state index in [9.17, 15) is 18.0 Å². The van der Waals surface area contributed by atoms with E-state index < -0.39 is 17.7 Å². The third-order valence-corrected chi connectivity index (χ3v) is 3.50. The van der Waals surface area contributed by atoms with Gasteiger partial charge in [0.2, 0.25) is 0 Å². The Morgan fingerprint density at radius 2 is 2.00 bits per heavy atom. The minimum Gasteiger partial charge on any atom is -0.289 e. The smallest absolute Gasteiger partial charge is 0.289 e. The summed E-state index contributed by atoms with van der Waals surface area (Å²) in [5, 5.41) is 0.504. The standard InChI is InChI=1S/C13H13BrF3NO2/c1-8-6-9(4-5-10(8)14)11(19)7-12(13(15,16)17)18(2)20-3/h4-7H,1-3H3/b12-7-. The molecule has 0 aliphatic carbocycles. The van der Waals surface area contributed by atoms with Crippen molar-refractivity contribution in [2.24, 2.45) is 0 Å². The molecule has 0 radical (unpaired) electrons. The quantitative estimate of drug-likeness (QED) is 0.468. The van der Waals surface area contributed by atoms with Gasteiger partial charge in [-0.1, -0.05) is 15.9 Å². The lowest BCUT2D eigenvalue weighted by Gasteiger charge is -2.21. The van der Waals surface area contributed by atoms with Crippen molar-refractivity contribution in [2.45, 2.75) is 13.1 Å². The molecular weight excluding hydrogens is 339 g/mol. The van der Waals surface area contributed by atoms with Crippen molar-refractivity contribution >= 4 is 21.7 Å². The number of rotatable bonds is 4. The van der Waals surface area contributed by atoms with Crippen LogP contribution in [0.25, 0.3) is 0 Å². The Morgan fingerprint density at radius 1 is 1.40 bits per heavy atom. The van der Waals surface area contributed by atoms with Gasteiger partial charge in [0.25, 0.3) is 0 Å². The lowest BCUT2D eigenvalue weighted by Crippen LogP contribution is -2.28. The van der Waals surface area contributed by atoms with E-state index in [-0.39, 0.29) is 5.56 Å². The fourth-order valence-corrected chi connectivity index (χ4v) is 1.70. The molecule has 110 valence electrons. The van der Waals surface area contributed by atoms with Crippen LogP contribution in [0.2, 0.25) is 0 Å². The van der Waals surface area contributed by atoms with Crippen molar-refractivity contribution in [2.75, 3.05) is 14.2 Å². The summed E-state index contributed by atoms with van der Waals surface area (Å²) in [6, 6.07) is 4.59. The first kappa shape index (κ1) is 16.7. The average Bonchev–Trinajstić information content (AvgIpc) is 2.36. The van der Waals surface area contributed by atoms with Crippen LogP contribution in [-0.4, -0.2) is 31.2 Å². The largest absolute Gasteiger partial charge is 0.433 e. The minimum atomic E-state index is -4.68. The van der Waals surface area contributed by atoms with Gasteiger partial charge in [0.15, 0.2) is 5.78 Å². The number of hydrogen-bond acceptors (Lipinski definition) is 3. The third-order valence-electron chi connectivity index (χ3n) is 2.61. The fourth-order valence-electron chi connectivity index (χ4n) is 1.46. The SMILES string of the molecule is CON(C)/C(=C\C(=O)c1ccc(Br)c(C)c1)C(F)(F)F. The lowest BCUT2D eigenvalue weighted by atomic mass is 10.1. The molecule has 0 atom stereocenters. The van der Waals surface area contributed by atoms with Gasteiger partial charge in [-0.05, 0) is 30.7 Å². The highest BCUT2D eigenvalue weighted by Gasteiger charge is 2.37. The maximum Gasteiger partial charge on any atom is 0.433 e. The summed E-state index contributed by atoms with van der Waals surface area (Å²) >= 11 is 3.26. The van der Waals surface area contributed by atoms with Crippen LogP contribution in [0.5, 0.6) is 0 Å². The van der Waals surface area contributed by atoms with Crippen LogP contribution in [0.1, 0.15) is 15.9 Å². The number of allylic oxidation sites excluding steroid dienone is 2. The number of nitrogens with zero attached hydrogens (tertiary/aromatic N) is 1. The predicted molar refractivity (Wildman–Crippen MR) is 72.1 cm³/mol. The molecule has 0 bridgehead atoms. The summed E-state index contributed by atoms with van der Waals surface area (Å²) in [5.41, 5.74) is -0.222. The Hall–Kier alpha value is -1.34. The van der Waals surface area contributed by atoms with Crippen LogP contribution in [0.4, 0.5) is 13.2 Å². The summed E-state index contributed by atoms with van der Waals surface area (Å²) in [5.74, 6) is -0.739. The summed E-state index contributed by atoms with van der Waals surface area (Å²) < 4.78 is 39.3. The van der Waals surface area contributed by atoms with Crippen molar-refractivity contribution in [3.8, 4) is 0 Å². The highest BCUT2D eigenvalue weighted by atomic mass is 79.9. The molecule has 0 saturated carbocycles. The number of benzene rings is 1. The lowest BCUT2D eigenvalue weighted by molar-refractivity contribution is -0.170. The Morgan fingerprint density at radius 3 is 2.45 bits per heavy atom. The molecule has 20 heavy (non-hydrogen) atoms. The first-order chi connectivity index (χ1) is 9.16. The monoisotopic (exact) mass is 351 g/mol. The maximum atomic E-state index is 12.8. The van der Waals surface area contributed by atoms with Gasteiger partial charge in [-0.3, -0.25) is 14.7 Å². The minimum absolute atomic E-state index is 0.178. The van der Waals surface area contributed by atoms with E-state index in [1.54, 1.807) is 13.0 Å². The number of alkyl halides is 3. The Balaban J connectivity index is 3.17. The number of ketones is 1. The van der Waals surface area contributed by atoms with E-state index in [0.717, 1.165) is 24.2 Å². The van der Waals surface area contributed by atoms with E-state index in [4.69, 9.17) is 0 Å². The number of carbonyl (C=O) groups is 1. The van der Waals surface area contributed by atoms with Crippen molar-refractivity contribution in [1.29, 1.82) is 0 Å². The van der Waals surface area contributed by atoms with Crippen LogP contribution < -0.4 is 0 Å². The van der Waals surface area contributed by atoms with E-state index in [1.807, 2.05) is 0 Å². The second-order valence-electron chi connectivity index (χ2n) is 4.04. The molecule has 0 aliphatic rings. The van der Waals surface area contributed by atoms with Crippen LogP contribution >= 0.6 is 15.9 Å². The molecule has 0 amide bonds. The maximum absolute atomic E-state index is 12.8. The molecule has 0 aromatic heterocycles. The molecule has 0 fully saturated rings. The molecule has 3 nitrogen and oxygen atoms in total. The summed E-state index contributed by atoms with van der Waals surface area (Å²) in [4.78, 5) is 16.4. The van der Waals surface area contributed by atoms with Gasteiger partial charge in [-0.2, -0.15) is 13.2 Å². The fraction of sp³-hybridized carbons (Fsp3) is 0.308. The van der Waals surface area contributed by atoms with Crippen LogP contribution in [0, 0.1) is 6.92 Å². The number of hydrogen-bond donors (Lipinski definition) is 0. The van der Waals surface area contributed by atoms with Gasteiger partial charge in [-0.25, -0.2) is 0 Å². The van der Waals surface area contributed by atoms with Gasteiger partial charge < -0.3 is 0 Å². The third kappa shape index (κ3) is 4.08. The zero-order valence-corrected chi connectivity index (χ0v) is 12.7. The second kappa shape index (κ2) is 6.41. The van der Waals surface area contributed by atoms with E-state index in [1.165, 1.54) is 12.1 Å². The Kier molecular flexibility index (Phi) is 5.35. The molecule has 0 spiro atoms. The first-order valence-corrected chi connectivity index (χ1v) is 6.33. The molecule has 1 aromatic rings. The topological polar surface area (TPSA) is 29.5 Å². The van der Waals surface area contributed by atoms with Crippen LogP contribution in [-0.2, 0) is 4.84 Å². The van der Waals surface area contributed by atoms with E-state index in [0.29, 0.717) is 11.1 Å². The first-order valence-electron chi connectivity index (χ1n) is 5.54. The summed E-state index contributed by atoms with van der Waals surface area (Å²) in [7, 11) is 2.17. The molecule has 0 aliphatic heterocycles. The average molecular weight is 352 g/mol. The van der Waals surface area contributed by atoms with Gasteiger partial charge in [0, 0.05) is 23.2 Å². The molecule has 1 aromatic carbocycles. The molecule has 0 saturated heterocycles. The van der Waals surface area contributed by atoms with Crippen molar-refractivity contribution in [1.82, 2.24) is 5.06 Å². The van der Waals surface area contributed by atoms with Crippen molar-refractivity contribution in [3.63, 3.8) is 0 Å². The van der Waals surface area contributed by atoms with Crippen molar-refractivity contribution in [3.05, 3.63) is 45.6 Å². The summed E-state index contributed by atoms with van der Waals surface area (Å²) in [6.45, 7) is 1.75. The Bertz CT molecular complexity index is 541. The predicted octanol–water partition coefficient (Wildman–Crippen LogP) is 3.88. The van der Waals surface area contributed by atoms with E-state index >= 15 is 0 Å². The van der Waals surface area contributed by atoms with Gasteiger partial charge in [-0.15, -0.1) is 0 Å². The molecule has 7 heteroatoms. The number of aryl methyl sites for hydroxylation is 1. The number of halogens is 4. The molecule has 0 heterocycles. The van der Waals surface area contributed by atoms with Crippen LogP contribution in [0.15, 0.2) is 34.4 Å². The zero-order valence-electron chi connectivity index (χ0n) is 11.1. The molecular formula is C13H13BrF3NO2. The second-order valence-corrected chi connectivity index (χ2v) is 4.89. The van der Waals surface area contributed by atoms with Gasteiger partial charge in [0.05, 0.1) is 7.11 Å². The van der Waals surface area contributed by atoms with Crippen LogP contribution in [0.3, 0.4) is 0 Å². The number of hydroxylamine groups is 2. The highest BCUT2D eigenvalue weighted by molar-refractivity contribution is 9.10. The van der Waals surface area contributed by atoms with Gasteiger partial charge in [0.1, 0.15) is 5.70 Å². The van der Waals surface area contributed by atoms with Gasteiger partial charge >= 0.3 is 6.18 Å². The zero-order chi connectivity index (χ0) is 15.5. The highest BCUT2D eigenvalue weighted by Crippen LogP contribution is 2.28. The molecule has 1 rings (SSSR count). The molecule has 0 N–H and O–H groups in total.